The number of hydrogen-bond acceptors (Lipinski definition) is 5. The highest BCUT2D eigenvalue weighted by Gasteiger charge is 2.27. The van der Waals surface area contributed by atoms with Gasteiger partial charge in [0.2, 0.25) is 5.91 Å². The highest BCUT2D eigenvalue weighted by molar-refractivity contribution is 7.22. The summed E-state index contributed by atoms with van der Waals surface area (Å²) in [5.41, 5.74) is 0.804. The van der Waals surface area contributed by atoms with Crippen LogP contribution in [0.4, 0.5) is 9.52 Å². The molecule has 6 nitrogen and oxygen atoms in total. The summed E-state index contributed by atoms with van der Waals surface area (Å²) < 4.78 is 16.3. The minimum absolute atomic E-state index is 0.0496. The Morgan fingerprint density at radius 2 is 2.33 bits per heavy atom. The minimum atomic E-state index is -0.248. The molecule has 2 aromatic heterocycles. The summed E-state index contributed by atoms with van der Waals surface area (Å²) in [6, 6.07) is 4.65. The summed E-state index contributed by atoms with van der Waals surface area (Å²) in [7, 11) is 0. The van der Waals surface area contributed by atoms with Crippen molar-refractivity contribution in [2.24, 2.45) is 5.92 Å². The van der Waals surface area contributed by atoms with Gasteiger partial charge in [-0.1, -0.05) is 11.3 Å². The summed E-state index contributed by atoms with van der Waals surface area (Å²) in [4.78, 5) is 23.5. The van der Waals surface area contributed by atoms with E-state index in [1.165, 1.54) is 23.5 Å². The van der Waals surface area contributed by atoms with Crippen molar-refractivity contribution in [1.29, 1.82) is 0 Å². The molecule has 1 amide bonds. The number of nitrogens with one attached hydrogen (secondary N) is 1. The molecule has 0 bridgehead atoms. The number of aromatic nitrogens is 3. The maximum absolute atomic E-state index is 13.4. The first-order chi connectivity index (χ1) is 13.1. The van der Waals surface area contributed by atoms with E-state index in [9.17, 15) is 9.18 Å². The van der Waals surface area contributed by atoms with Crippen molar-refractivity contribution in [1.82, 2.24) is 19.9 Å². The molecule has 1 aromatic carbocycles. The predicted octanol–water partition coefficient (Wildman–Crippen LogP) is 2.97. The highest BCUT2D eigenvalue weighted by atomic mass is 32.1. The average Bonchev–Trinajstić information content (AvgIpc) is 3.27. The first kappa shape index (κ1) is 17.9. The molecule has 4 rings (SSSR count). The predicted molar refractivity (Wildman–Crippen MR) is 104 cm³/mol. The first-order valence-electron chi connectivity index (χ1n) is 9.16. The van der Waals surface area contributed by atoms with E-state index < -0.39 is 0 Å². The molecule has 1 unspecified atom stereocenters. The van der Waals surface area contributed by atoms with E-state index in [4.69, 9.17) is 0 Å². The zero-order valence-corrected chi connectivity index (χ0v) is 16.0. The molecule has 1 N–H and O–H groups in total. The molecule has 1 fully saturated rings. The summed E-state index contributed by atoms with van der Waals surface area (Å²) in [5, 5.41) is 3.91. The zero-order chi connectivity index (χ0) is 18.8. The molecule has 0 aliphatic carbocycles. The highest BCUT2D eigenvalue weighted by Crippen LogP contribution is 2.32. The average molecular weight is 387 g/mol. The quantitative estimate of drug-likeness (QED) is 0.731. The normalized spacial score (nSPS) is 17.4. The Kier molecular flexibility index (Phi) is 5.07. The lowest BCUT2D eigenvalue weighted by atomic mass is 9.97. The van der Waals surface area contributed by atoms with E-state index in [2.05, 4.69) is 20.2 Å². The maximum Gasteiger partial charge on any atom is 0.224 e. The lowest BCUT2D eigenvalue weighted by Gasteiger charge is -2.31. The van der Waals surface area contributed by atoms with E-state index in [1.807, 2.05) is 17.7 Å². The van der Waals surface area contributed by atoms with Crippen molar-refractivity contribution in [3.8, 4) is 0 Å². The van der Waals surface area contributed by atoms with E-state index in [1.54, 1.807) is 12.3 Å². The standard InChI is InChI=1S/C19H22FN5OS/c1-13-21-6-9-24(13)10-7-22-18(26)14-3-2-8-25(12-14)19-23-16-5-4-15(20)11-17(16)27-19/h4-6,9,11,14H,2-3,7-8,10,12H2,1H3,(H,22,26). The minimum Gasteiger partial charge on any atom is -0.354 e. The van der Waals surface area contributed by atoms with Gasteiger partial charge in [-0.15, -0.1) is 0 Å². The van der Waals surface area contributed by atoms with Gasteiger partial charge in [0.05, 0.1) is 16.1 Å². The Balaban J connectivity index is 1.36. The molecule has 3 heterocycles. The maximum atomic E-state index is 13.4. The van der Waals surface area contributed by atoms with Crippen molar-refractivity contribution in [3.05, 3.63) is 42.2 Å². The van der Waals surface area contributed by atoms with Crippen molar-refractivity contribution in [3.63, 3.8) is 0 Å². The summed E-state index contributed by atoms with van der Waals surface area (Å²) in [6.07, 6.45) is 5.51. The van der Waals surface area contributed by atoms with Gasteiger partial charge in [-0.3, -0.25) is 4.79 Å². The first-order valence-corrected chi connectivity index (χ1v) is 9.98. The third-order valence-electron chi connectivity index (χ3n) is 4.98. The Morgan fingerprint density at radius 1 is 1.44 bits per heavy atom. The Hall–Kier alpha value is -2.48. The van der Waals surface area contributed by atoms with Crippen LogP contribution >= 0.6 is 11.3 Å². The van der Waals surface area contributed by atoms with Crippen LogP contribution in [0.25, 0.3) is 10.2 Å². The lowest BCUT2D eigenvalue weighted by Crippen LogP contribution is -2.43. The van der Waals surface area contributed by atoms with Crippen LogP contribution in [0.5, 0.6) is 0 Å². The third kappa shape index (κ3) is 3.95. The van der Waals surface area contributed by atoms with Crippen molar-refractivity contribution < 1.29 is 9.18 Å². The Labute approximate surface area is 161 Å². The second-order valence-corrected chi connectivity index (χ2v) is 7.86. The number of piperidine rings is 1. The molecular formula is C19H22FN5OS. The van der Waals surface area contributed by atoms with Crippen LogP contribution in [0.3, 0.4) is 0 Å². The molecular weight excluding hydrogens is 365 g/mol. The third-order valence-corrected chi connectivity index (χ3v) is 6.06. The number of fused-ring (bicyclic) bond motifs is 1. The fourth-order valence-electron chi connectivity index (χ4n) is 3.47. The molecule has 142 valence electrons. The smallest absolute Gasteiger partial charge is 0.224 e. The van der Waals surface area contributed by atoms with E-state index in [0.29, 0.717) is 13.1 Å². The molecule has 8 heteroatoms. The number of nitrogens with zero attached hydrogens (tertiary/aromatic N) is 4. The van der Waals surface area contributed by atoms with Crippen molar-refractivity contribution in [2.45, 2.75) is 26.3 Å². The number of halogens is 1. The number of carbonyl (C=O) groups is 1. The van der Waals surface area contributed by atoms with Crippen LogP contribution in [-0.2, 0) is 11.3 Å². The number of anilines is 1. The van der Waals surface area contributed by atoms with Gasteiger partial charge in [-0.2, -0.15) is 0 Å². The number of carbonyl (C=O) groups excluding carboxylic acids is 1. The molecule has 3 aromatic rings. The van der Waals surface area contributed by atoms with Crippen molar-refractivity contribution in [2.75, 3.05) is 24.5 Å². The Bertz CT molecular complexity index is 953. The van der Waals surface area contributed by atoms with Crippen molar-refractivity contribution >= 4 is 32.6 Å². The lowest BCUT2D eigenvalue weighted by molar-refractivity contribution is -0.125. The largest absolute Gasteiger partial charge is 0.354 e. The van der Waals surface area contributed by atoms with Crippen LogP contribution in [0, 0.1) is 18.7 Å². The number of hydrogen-bond donors (Lipinski definition) is 1. The number of thiazole rings is 1. The molecule has 0 spiro atoms. The number of amides is 1. The molecule has 1 atom stereocenters. The monoisotopic (exact) mass is 387 g/mol. The fourth-order valence-corrected chi connectivity index (χ4v) is 4.50. The number of imidazole rings is 1. The van der Waals surface area contributed by atoms with Gasteiger partial charge < -0.3 is 14.8 Å². The number of rotatable bonds is 5. The van der Waals surface area contributed by atoms with E-state index in [0.717, 1.165) is 47.1 Å². The van der Waals surface area contributed by atoms with Gasteiger partial charge in [0.1, 0.15) is 11.6 Å². The van der Waals surface area contributed by atoms with E-state index >= 15 is 0 Å². The number of benzene rings is 1. The SMILES string of the molecule is Cc1nccn1CCNC(=O)C1CCCN(c2nc3ccc(F)cc3s2)C1. The summed E-state index contributed by atoms with van der Waals surface area (Å²) in [6.45, 7) is 4.79. The van der Waals surface area contributed by atoms with Gasteiger partial charge in [-0.05, 0) is 38.0 Å². The topological polar surface area (TPSA) is 63.1 Å². The van der Waals surface area contributed by atoms with Gasteiger partial charge in [0.25, 0.3) is 0 Å². The van der Waals surface area contributed by atoms with Gasteiger partial charge in [0.15, 0.2) is 5.13 Å². The molecule has 1 saturated heterocycles. The summed E-state index contributed by atoms with van der Waals surface area (Å²) >= 11 is 1.48. The second-order valence-electron chi connectivity index (χ2n) is 6.85. The molecule has 27 heavy (non-hydrogen) atoms. The fraction of sp³-hybridized carbons (Fsp3) is 0.421. The van der Waals surface area contributed by atoms with Crippen LogP contribution in [0.15, 0.2) is 30.6 Å². The molecule has 1 aliphatic rings. The second kappa shape index (κ2) is 7.64. The van der Waals surface area contributed by atoms with Crippen LogP contribution in [-0.4, -0.2) is 40.1 Å². The van der Waals surface area contributed by atoms with Gasteiger partial charge >= 0.3 is 0 Å². The van der Waals surface area contributed by atoms with Gasteiger partial charge in [-0.25, -0.2) is 14.4 Å². The zero-order valence-electron chi connectivity index (χ0n) is 15.2. The molecule has 1 aliphatic heterocycles. The molecule has 0 radical (unpaired) electrons. The van der Waals surface area contributed by atoms with Gasteiger partial charge in [0, 0.05) is 38.6 Å². The molecule has 0 saturated carbocycles. The Morgan fingerprint density at radius 3 is 3.15 bits per heavy atom. The summed E-state index contributed by atoms with van der Waals surface area (Å²) in [5.74, 6) is 0.734. The van der Waals surface area contributed by atoms with Crippen LogP contribution < -0.4 is 10.2 Å². The van der Waals surface area contributed by atoms with E-state index in [-0.39, 0.29) is 17.6 Å². The van der Waals surface area contributed by atoms with Crippen LogP contribution in [0.1, 0.15) is 18.7 Å². The van der Waals surface area contributed by atoms with Crippen LogP contribution in [0.2, 0.25) is 0 Å². The number of aryl methyl sites for hydroxylation is 1.